The van der Waals surface area contributed by atoms with E-state index in [4.69, 9.17) is 0 Å². The zero-order valence-electron chi connectivity index (χ0n) is 27.3. The lowest BCUT2D eigenvalue weighted by atomic mass is 9.93. The molecule has 0 radical (unpaired) electrons. The summed E-state index contributed by atoms with van der Waals surface area (Å²) in [7, 11) is -0.958. The molecule has 0 bridgehead atoms. The van der Waals surface area contributed by atoms with E-state index in [1.54, 1.807) is 17.9 Å². The molecule has 2 aromatic rings. The Kier molecular flexibility index (Phi) is 21.0. The van der Waals surface area contributed by atoms with Gasteiger partial charge in [-0.15, -0.1) is 6.58 Å². The summed E-state index contributed by atoms with van der Waals surface area (Å²) in [4.78, 5) is 0. The van der Waals surface area contributed by atoms with Crippen molar-refractivity contribution in [3.63, 3.8) is 0 Å². The van der Waals surface area contributed by atoms with Crippen LogP contribution in [0.25, 0.3) is 0 Å². The van der Waals surface area contributed by atoms with Crippen LogP contribution in [-0.2, 0) is 12.6 Å². The normalized spacial score (nSPS) is 12.4. The van der Waals surface area contributed by atoms with E-state index in [-0.39, 0.29) is 0 Å². The van der Waals surface area contributed by atoms with Gasteiger partial charge in [-0.3, -0.25) is 0 Å². The first kappa shape index (κ1) is 35.8. The van der Waals surface area contributed by atoms with Gasteiger partial charge in [-0.2, -0.15) is 0 Å². The van der Waals surface area contributed by atoms with Crippen molar-refractivity contribution in [3.05, 3.63) is 84.4 Å². The molecule has 0 spiro atoms. The fourth-order valence-electron chi connectivity index (χ4n) is 6.60. The molecular weight excluding hydrogens is 511 g/mol. The molecule has 0 saturated carbocycles. The molecule has 1 unspecified atom stereocenters. The summed E-state index contributed by atoms with van der Waals surface area (Å²) >= 11 is 0. The highest BCUT2D eigenvalue weighted by atomic mass is 31.2. The van der Waals surface area contributed by atoms with Crippen LogP contribution in [0.5, 0.6) is 0 Å². The summed E-state index contributed by atoms with van der Waals surface area (Å²) in [6.07, 6.45) is 34.9. The van der Waals surface area contributed by atoms with Gasteiger partial charge in [-0.25, -0.2) is 0 Å². The standard InChI is InChI=1S/C40H66P/c1-4-7-9-11-15-25-33-41(34-26-16-12-10-8-5-2,37-40-31-23-19-24-32-40)35-27-17-13-14-20-28-38(6-3)36-39-29-21-18-22-30-39/h6,18-19,21-24,29-32,38H,3-5,7-17,20,25-28,33-37H2,1-2H3/q+1. The molecule has 0 aliphatic carbocycles. The first-order valence-electron chi connectivity index (χ1n) is 17.8. The smallest absolute Gasteiger partial charge is 0.0842 e. The number of hydrogen-bond donors (Lipinski definition) is 0. The average Bonchev–Trinajstić information content (AvgIpc) is 3.00. The second kappa shape index (κ2) is 24.1. The Hall–Kier alpha value is -1.39. The molecule has 1 atom stereocenters. The number of hydrogen-bond acceptors (Lipinski definition) is 0. The topological polar surface area (TPSA) is 0 Å². The van der Waals surface area contributed by atoms with E-state index < -0.39 is 7.26 Å². The molecule has 0 aromatic heterocycles. The third kappa shape index (κ3) is 17.4. The van der Waals surface area contributed by atoms with Crippen LogP contribution in [0.4, 0.5) is 0 Å². The van der Waals surface area contributed by atoms with Crippen LogP contribution in [0, 0.1) is 5.92 Å². The van der Waals surface area contributed by atoms with Crippen molar-refractivity contribution < 1.29 is 0 Å². The lowest BCUT2D eigenvalue weighted by molar-refractivity contribution is 0.522. The highest BCUT2D eigenvalue weighted by molar-refractivity contribution is 7.75. The Balaban J connectivity index is 1.86. The molecule has 0 fully saturated rings. The first-order valence-corrected chi connectivity index (χ1v) is 20.3. The van der Waals surface area contributed by atoms with Crippen molar-refractivity contribution in [2.24, 2.45) is 5.92 Å². The van der Waals surface area contributed by atoms with Gasteiger partial charge in [0.05, 0.1) is 24.6 Å². The third-order valence-corrected chi connectivity index (χ3v) is 14.0. The quantitative estimate of drug-likeness (QED) is 0.0563. The van der Waals surface area contributed by atoms with E-state index in [1.165, 1.54) is 133 Å². The summed E-state index contributed by atoms with van der Waals surface area (Å²) in [6.45, 7) is 8.81. The largest absolute Gasteiger partial charge is 0.103 e. The van der Waals surface area contributed by atoms with Gasteiger partial charge < -0.3 is 0 Å². The van der Waals surface area contributed by atoms with Gasteiger partial charge in [0.1, 0.15) is 0 Å². The zero-order valence-corrected chi connectivity index (χ0v) is 28.2. The molecule has 230 valence electrons. The second-order valence-electron chi connectivity index (χ2n) is 12.9. The van der Waals surface area contributed by atoms with Crippen molar-refractivity contribution in [3.8, 4) is 0 Å². The van der Waals surface area contributed by atoms with Crippen molar-refractivity contribution in [2.75, 3.05) is 18.5 Å². The maximum Gasteiger partial charge on any atom is 0.0842 e. The Morgan fingerprint density at radius 2 is 0.951 bits per heavy atom. The minimum absolute atomic E-state index is 0.622. The zero-order chi connectivity index (χ0) is 29.3. The summed E-state index contributed by atoms with van der Waals surface area (Å²) in [5.41, 5.74) is 3.07. The molecule has 0 N–H and O–H groups in total. The van der Waals surface area contributed by atoms with Gasteiger partial charge in [0.25, 0.3) is 0 Å². The minimum atomic E-state index is -0.958. The van der Waals surface area contributed by atoms with E-state index in [9.17, 15) is 0 Å². The van der Waals surface area contributed by atoms with Crippen molar-refractivity contribution in [1.82, 2.24) is 0 Å². The molecule has 2 rings (SSSR count). The predicted molar refractivity (Wildman–Crippen MR) is 190 cm³/mol. The molecule has 0 heterocycles. The van der Waals surface area contributed by atoms with E-state index in [0.717, 1.165) is 6.42 Å². The highest BCUT2D eigenvalue weighted by Gasteiger charge is 2.35. The van der Waals surface area contributed by atoms with Crippen LogP contribution < -0.4 is 0 Å². The van der Waals surface area contributed by atoms with Gasteiger partial charge in [0.2, 0.25) is 0 Å². The number of allylic oxidation sites excluding steroid dienone is 1. The van der Waals surface area contributed by atoms with Crippen LogP contribution in [-0.4, -0.2) is 18.5 Å². The molecule has 0 nitrogen and oxygen atoms in total. The number of benzene rings is 2. The lowest BCUT2D eigenvalue weighted by Gasteiger charge is -2.28. The molecule has 0 aliphatic rings. The van der Waals surface area contributed by atoms with Crippen molar-refractivity contribution >= 4 is 7.26 Å². The fraction of sp³-hybridized carbons (Fsp3) is 0.650. The van der Waals surface area contributed by atoms with Gasteiger partial charge in [0, 0.05) is 7.26 Å². The van der Waals surface area contributed by atoms with Crippen molar-refractivity contribution in [1.29, 1.82) is 0 Å². The second-order valence-corrected chi connectivity index (χ2v) is 17.3. The number of unbranched alkanes of at least 4 members (excludes halogenated alkanes) is 14. The monoisotopic (exact) mass is 577 g/mol. The summed E-state index contributed by atoms with van der Waals surface area (Å²) in [6, 6.07) is 22.5. The van der Waals surface area contributed by atoms with E-state index >= 15 is 0 Å². The van der Waals surface area contributed by atoms with Gasteiger partial charge >= 0.3 is 0 Å². The molecule has 2 aromatic carbocycles. The SMILES string of the molecule is C=CC(CCCCCCC[P+](CCCCCCCC)(CCCCCCCC)Cc1ccccc1)Cc1ccccc1. The lowest BCUT2D eigenvalue weighted by Crippen LogP contribution is -2.12. The maximum absolute atomic E-state index is 4.14. The third-order valence-electron chi connectivity index (χ3n) is 9.21. The van der Waals surface area contributed by atoms with E-state index in [1.807, 2.05) is 0 Å². The molecule has 0 amide bonds. The average molecular weight is 578 g/mol. The Labute approximate surface area is 257 Å². The fourth-order valence-corrected chi connectivity index (χ4v) is 11.4. The molecule has 41 heavy (non-hydrogen) atoms. The van der Waals surface area contributed by atoms with Crippen LogP contribution >= 0.6 is 7.26 Å². The van der Waals surface area contributed by atoms with Crippen molar-refractivity contribution in [2.45, 2.75) is 142 Å². The molecular formula is C40H66P+. The van der Waals surface area contributed by atoms with Gasteiger partial charge in [-0.1, -0.05) is 151 Å². The molecule has 1 heteroatoms. The first-order chi connectivity index (χ1) is 20.2. The minimum Gasteiger partial charge on any atom is -0.103 e. The van der Waals surface area contributed by atoms with E-state index in [0.29, 0.717) is 5.92 Å². The Morgan fingerprint density at radius 3 is 1.41 bits per heavy atom. The maximum atomic E-state index is 4.14. The van der Waals surface area contributed by atoms with Gasteiger partial charge in [0.15, 0.2) is 0 Å². The van der Waals surface area contributed by atoms with Gasteiger partial charge in [-0.05, 0) is 68.4 Å². The Morgan fingerprint density at radius 1 is 0.537 bits per heavy atom. The molecule has 0 saturated heterocycles. The number of rotatable bonds is 27. The van der Waals surface area contributed by atoms with Crippen LogP contribution in [0.2, 0.25) is 0 Å². The van der Waals surface area contributed by atoms with E-state index in [2.05, 4.69) is 87.2 Å². The highest BCUT2D eigenvalue weighted by Crippen LogP contribution is 2.63. The summed E-state index contributed by atoms with van der Waals surface area (Å²) in [5.74, 6) is 0.622. The van der Waals surface area contributed by atoms with Crippen LogP contribution in [0.15, 0.2) is 73.3 Å². The summed E-state index contributed by atoms with van der Waals surface area (Å²) in [5, 5.41) is 0. The van der Waals surface area contributed by atoms with Crippen LogP contribution in [0.3, 0.4) is 0 Å². The Bertz CT molecular complexity index is 826. The predicted octanol–water partition coefficient (Wildman–Crippen LogP) is 13.3. The summed E-state index contributed by atoms with van der Waals surface area (Å²) < 4.78 is 0. The molecule has 0 aliphatic heterocycles. The van der Waals surface area contributed by atoms with Crippen LogP contribution in [0.1, 0.15) is 141 Å².